The van der Waals surface area contributed by atoms with E-state index < -0.39 is 6.04 Å². The Morgan fingerprint density at radius 1 is 1.26 bits per heavy atom. The second kappa shape index (κ2) is 13.4. The number of aliphatic hydroxyl groups excluding tert-OH is 1. The Bertz CT molecular complexity index is 897. The molecular formula is C25H40N4O5S. The summed E-state index contributed by atoms with van der Waals surface area (Å²) in [6, 6.07) is 4.19. The molecule has 1 aliphatic carbocycles. The van der Waals surface area contributed by atoms with Crippen LogP contribution in [0.1, 0.15) is 62.0 Å². The molecule has 3 rings (SSSR count). The Morgan fingerprint density at radius 3 is 2.66 bits per heavy atom. The molecule has 1 aliphatic heterocycles. The summed E-state index contributed by atoms with van der Waals surface area (Å²) in [7, 11) is 0. The highest BCUT2D eigenvalue weighted by molar-refractivity contribution is 7.59. The molecule has 0 saturated heterocycles. The molecule has 9 nitrogen and oxygen atoms in total. The van der Waals surface area contributed by atoms with Crippen LogP contribution >= 0.6 is 13.5 Å². The van der Waals surface area contributed by atoms with Gasteiger partial charge in [0.05, 0.1) is 25.5 Å². The number of hydrogen-bond donors (Lipinski definition) is 4. The highest BCUT2D eigenvalue weighted by atomic mass is 32.1. The number of ether oxygens (including phenoxy) is 1. The first-order chi connectivity index (χ1) is 16.3. The van der Waals surface area contributed by atoms with Crippen molar-refractivity contribution in [2.24, 2.45) is 29.4 Å². The van der Waals surface area contributed by atoms with Gasteiger partial charge in [0.1, 0.15) is 6.04 Å². The number of imide groups is 1. The van der Waals surface area contributed by atoms with Crippen LogP contribution in [0.25, 0.3) is 0 Å². The predicted molar refractivity (Wildman–Crippen MR) is 139 cm³/mol. The lowest BCUT2D eigenvalue weighted by atomic mass is 9.69. The van der Waals surface area contributed by atoms with Crippen molar-refractivity contribution in [2.75, 3.05) is 37.9 Å². The summed E-state index contributed by atoms with van der Waals surface area (Å²) in [6.07, 6.45) is 2.85. The lowest BCUT2D eigenvalue weighted by molar-refractivity contribution is -0.132. The first-order valence-corrected chi connectivity index (χ1v) is 12.2. The Kier molecular flexibility index (Phi) is 11.2. The summed E-state index contributed by atoms with van der Waals surface area (Å²) < 4.78 is 5.16. The first-order valence-electron chi connectivity index (χ1n) is 12.2. The van der Waals surface area contributed by atoms with E-state index in [0.717, 1.165) is 19.3 Å². The molecule has 2 aliphatic rings. The molecule has 1 aromatic carbocycles. The minimum atomic E-state index is -0.775. The van der Waals surface area contributed by atoms with Crippen molar-refractivity contribution in [3.05, 3.63) is 29.3 Å². The van der Waals surface area contributed by atoms with E-state index in [9.17, 15) is 14.4 Å². The summed E-state index contributed by atoms with van der Waals surface area (Å²) in [5.74, 6) is 0.00600. The molecule has 0 bridgehead atoms. The third-order valence-electron chi connectivity index (χ3n) is 6.96. The third kappa shape index (κ3) is 6.62. The van der Waals surface area contributed by atoms with Crippen LogP contribution in [0, 0.1) is 23.7 Å². The number of carbonyl (C=O) groups excluding carboxylic acids is 3. The number of carbonyl (C=O) groups is 3. The summed E-state index contributed by atoms with van der Waals surface area (Å²) in [4.78, 5) is 41.1. The van der Waals surface area contributed by atoms with Gasteiger partial charge in [0.2, 0.25) is 5.91 Å². The maximum Gasteiger partial charge on any atom is 0.255 e. The van der Waals surface area contributed by atoms with Gasteiger partial charge in [0.15, 0.2) is 0 Å². The van der Waals surface area contributed by atoms with E-state index in [1.165, 1.54) is 4.90 Å². The monoisotopic (exact) mass is 508 g/mol. The van der Waals surface area contributed by atoms with Crippen molar-refractivity contribution in [3.63, 3.8) is 0 Å². The summed E-state index contributed by atoms with van der Waals surface area (Å²) >= 11 is 0. The number of hydrogen-bond acceptors (Lipinski definition) is 7. The van der Waals surface area contributed by atoms with Gasteiger partial charge in [-0.05, 0) is 48.8 Å². The number of nitrogens with one attached hydrogen (secondary N) is 2. The molecule has 0 spiro atoms. The summed E-state index contributed by atoms with van der Waals surface area (Å²) in [5.41, 5.74) is 7.18. The molecule has 1 saturated carbocycles. The normalized spacial score (nSPS) is 23.7. The van der Waals surface area contributed by atoms with Gasteiger partial charge in [0, 0.05) is 30.3 Å². The zero-order valence-electron chi connectivity index (χ0n) is 20.9. The number of aliphatic hydroxyl groups is 1. The van der Waals surface area contributed by atoms with Crippen LogP contribution in [-0.2, 0) is 14.3 Å². The summed E-state index contributed by atoms with van der Waals surface area (Å²) in [5, 5.41) is 14.5. The number of anilines is 1. The van der Waals surface area contributed by atoms with Crippen LogP contribution < -0.4 is 21.3 Å². The van der Waals surface area contributed by atoms with Gasteiger partial charge in [-0.3, -0.25) is 19.7 Å². The molecular weight excluding hydrogens is 468 g/mol. The average Bonchev–Trinajstić information content (AvgIpc) is 3.09. The Morgan fingerprint density at radius 2 is 2.00 bits per heavy atom. The van der Waals surface area contributed by atoms with Gasteiger partial charge in [0.25, 0.3) is 11.8 Å². The minimum absolute atomic E-state index is 0. The van der Waals surface area contributed by atoms with E-state index in [2.05, 4.69) is 31.4 Å². The van der Waals surface area contributed by atoms with Crippen LogP contribution in [0.3, 0.4) is 0 Å². The number of benzene rings is 1. The third-order valence-corrected chi connectivity index (χ3v) is 6.96. The number of nitrogens with zero attached hydrogens (tertiary/aromatic N) is 1. The number of rotatable bonds is 10. The Labute approximate surface area is 214 Å². The fraction of sp³-hybridized carbons (Fsp3) is 0.640. The van der Waals surface area contributed by atoms with Gasteiger partial charge < -0.3 is 20.9 Å². The largest absolute Gasteiger partial charge is 0.394 e. The molecule has 0 aromatic heterocycles. The molecule has 1 aromatic rings. The molecule has 1 heterocycles. The fourth-order valence-corrected chi connectivity index (χ4v) is 5.21. The van der Waals surface area contributed by atoms with Crippen molar-refractivity contribution >= 4 is 36.9 Å². The molecule has 4 atom stereocenters. The van der Waals surface area contributed by atoms with E-state index in [1.807, 2.05) is 0 Å². The number of fused-ring (bicyclic) bond motifs is 1. The molecule has 1 fully saturated rings. The molecule has 1 unspecified atom stereocenters. The minimum Gasteiger partial charge on any atom is -0.394 e. The Balaban J connectivity index is 0.00000432. The topological polar surface area (TPSA) is 134 Å². The van der Waals surface area contributed by atoms with E-state index >= 15 is 0 Å². The van der Waals surface area contributed by atoms with Crippen molar-refractivity contribution in [1.29, 1.82) is 0 Å². The zero-order chi connectivity index (χ0) is 24.8. The molecule has 196 valence electrons. The standard InChI is InChI=1S/C25H38N4O5.H2S/c1-15(2)18-6-4-16(3)12-19(18)24(32)29-21-7-5-17(23(31)27-8-10-34-11-9-30)13-20(21)22(25(29)33)28-14-26;/h5,7,13,15-16,18-19,22,28,30H,4,6,8-12,14,26H2,1-3H3,(H,27,31);1H2/t16-,18+,19-,22?;/m1./s1. The molecule has 0 radical (unpaired) electrons. The van der Waals surface area contributed by atoms with Crippen LogP contribution in [0.2, 0.25) is 0 Å². The zero-order valence-corrected chi connectivity index (χ0v) is 21.9. The van der Waals surface area contributed by atoms with Crippen molar-refractivity contribution in [3.8, 4) is 0 Å². The summed E-state index contributed by atoms with van der Waals surface area (Å²) in [6.45, 7) is 7.21. The van der Waals surface area contributed by atoms with Gasteiger partial charge in [-0.15, -0.1) is 0 Å². The maximum atomic E-state index is 13.8. The van der Waals surface area contributed by atoms with Gasteiger partial charge in [-0.1, -0.05) is 27.2 Å². The van der Waals surface area contributed by atoms with Crippen molar-refractivity contribution < 1.29 is 24.2 Å². The van der Waals surface area contributed by atoms with Gasteiger partial charge >= 0.3 is 0 Å². The number of nitrogens with two attached hydrogens (primary N) is 1. The SMILES string of the molecule is CC(C)[C@@H]1CC[C@@H](C)C[C@H]1C(=O)N1C(=O)C(NCN)c2cc(C(=O)NCCOCCO)ccc21.S. The highest BCUT2D eigenvalue weighted by Gasteiger charge is 2.46. The lowest BCUT2D eigenvalue weighted by Gasteiger charge is -2.38. The first kappa shape index (κ1) is 29.3. The second-order valence-electron chi connectivity index (χ2n) is 9.65. The lowest BCUT2D eigenvalue weighted by Crippen LogP contribution is -2.46. The highest BCUT2D eigenvalue weighted by Crippen LogP contribution is 2.43. The van der Waals surface area contributed by atoms with Gasteiger partial charge in [-0.25, -0.2) is 4.90 Å². The fourth-order valence-electron chi connectivity index (χ4n) is 5.21. The van der Waals surface area contributed by atoms with Crippen molar-refractivity contribution in [2.45, 2.75) is 46.1 Å². The maximum absolute atomic E-state index is 13.8. The van der Waals surface area contributed by atoms with Crippen LogP contribution in [0.15, 0.2) is 18.2 Å². The second-order valence-corrected chi connectivity index (χ2v) is 9.65. The van der Waals surface area contributed by atoms with E-state index in [1.54, 1.807) is 18.2 Å². The quantitative estimate of drug-likeness (QED) is 0.215. The molecule has 35 heavy (non-hydrogen) atoms. The Hall–Kier alpha value is -1.98. The van der Waals surface area contributed by atoms with Gasteiger partial charge in [-0.2, -0.15) is 13.5 Å². The predicted octanol–water partition coefficient (Wildman–Crippen LogP) is 1.67. The molecule has 10 heteroatoms. The molecule has 3 amide bonds. The average molecular weight is 509 g/mol. The van der Waals surface area contributed by atoms with Crippen molar-refractivity contribution in [1.82, 2.24) is 10.6 Å². The smallest absolute Gasteiger partial charge is 0.255 e. The van der Waals surface area contributed by atoms with E-state index in [0.29, 0.717) is 35.2 Å². The van der Waals surface area contributed by atoms with Crippen LogP contribution in [-0.4, -0.2) is 55.9 Å². The van der Waals surface area contributed by atoms with Crippen LogP contribution in [0.5, 0.6) is 0 Å². The van der Waals surface area contributed by atoms with E-state index in [-0.39, 0.29) is 69.5 Å². The molecule has 5 N–H and O–H groups in total. The number of amides is 3. The van der Waals surface area contributed by atoms with Crippen LogP contribution in [0.4, 0.5) is 5.69 Å². The van der Waals surface area contributed by atoms with E-state index in [4.69, 9.17) is 15.6 Å².